The summed E-state index contributed by atoms with van der Waals surface area (Å²) in [6.07, 6.45) is -0.826. The first-order chi connectivity index (χ1) is 11.8. The Balaban J connectivity index is 2.62. The van der Waals surface area contributed by atoms with Gasteiger partial charge in [-0.1, -0.05) is 41.7 Å². The number of likely N-dealkylation sites (N-methyl/N-ethyl adjacent to an activating group) is 1. The first kappa shape index (κ1) is 21.5. The van der Waals surface area contributed by atoms with E-state index in [0.717, 1.165) is 0 Å². The van der Waals surface area contributed by atoms with Gasteiger partial charge < -0.3 is 10.1 Å². The zero-order valence-electron chi connectivity index (χ0n) is 13.7. The van der Waals surface area contributed by atoms with Crippen LogP contribution in [0.2, 0.25) is 15.1 Å². The minimum atomic E-state index is -0.826. The molecule has 0 unspecified atom stereocenters. The van der Waals surface area contributed by atoms with E-state index in [1.165, 1.54) is 17.0 Å². The zero-order chi connectivity index (χ0) is 19.0. The van der Waals surface area contributed by atoms with Crippen molar-refractivity contribution >= 4 is 58.4 Å². The van der Waals surface area contributed by atoms with Gasteiger partial charge in [0.1, 0.15) is 0 Å². The van der Waals surface area contributed by atoms with Crippen LogP contribution >= 0.6 is 34.8 Å². The van der Waals surface area contributed by atoms with Crippen LogP contribution in [0.3, 0.4) is 0 Å². The van der Waals surface area contributed by atoms with E-state index in [9.17, 15) is 14.4 Å². The number of imide groups is 1. The van der Waals surface area contributed by atoms with E-state index in [1.54, 1.807) is 13.8 Å². The number of ether oxygens (including phenoxy) is 1. The van der Waals surface area contributed by atoms with E-state index < -0.39 is 17.9 Å². The molecule has 0 fully saturated rings. The lowest BCUT2D eigenvalue weighted by Gasteiger charge is -2.19. The maximum Gasteiger partial charge on any atom is 0.413 e. The first-order valence-electron chi connectivity index (χ1n) is 7.40. The van der Waals surface area contributed by atoms with Crippen LogP contribution in [0.25, 0.3) is 0 Å². The SMILES string of the molecule is CCOC(=O)NC(=O)CN(CC)CC(=O)Nc1c(Cl)cc(Cl)cc1Cl. The van der Waals surface area contributed by atoms with Gasteiger partial charge in [-0.25, -0.2) is 4.79 Å². The fraction of sp³-hybridized carbons (Fsp3) is 0.400. The fourth-order valence-electron chi connectivity index (χ4n) is 1.85. The molecule has 0 saturated carbocycles. The Hall–Kier alpha value is -1.54. The van der Waals surface area contributed by atoms with Crippen LogP contribution < -0.4 is 10.6 Å². The number of halogens is 3. The van der Waals surface area contributed by atoms with Crippen molar-refractivity contribution < 1.29 is 19.1 Å². The lowest BCUT2D eigenvalue weighted by atomic mass is 10.3. The highest BCUT2D eigenvalue weighted by Crippen LogP contribution is 2.33. The maximum absolute atomic E-state index is 12.2. The third-order valence-electron chi connectivity index (χ3n) is 2.97. The van der Waals surface area contributed by atoms with Gasteiger partial charge in [-0.05, 0) is 25.6 Å². The summed E-state index contributed by atoms with van der Waals surface area (Å²) in [6.45, 7) is 3.72. The van der Waals surface area contributed by atoms with Crippen LogP contribution in [-0.2, 0) is 14.3 Å². The van der Waals surface area contributed by atoms with Crippen molar-refractivity contribution in [1.82, 2.24) is 10.2 Å². The Kier molecular flexibility index (Phi) is 8.99. The van der Waals surface area contributed by atoms with E-state index in [1.807, 2.05) is 0 Å². The third-order valence-corrected chi connectivity index (χ3v) is 3.78. The highest BCUT2D eigenvalue weighted by atomic mass is 35.5. The number of carbonyl (C=O) groups is 3. The summed E-state index contributed by atoms with van der Waals surface area (Å²) in [5, 5.41) is 5.39. The summed E-state index contributed by atoms with van der Waals surface area (Å²) >= 11 is 17.8. The second-order valence-corrected chi connectivity index (χ2v) is 6.12. The standard InChI is InChI=1S/C15H18Cl3N3O4/c1-3-21(8-13(23)20-15(24)25-4-2)7-12(22)19-14-10(17)5-9(16)6-11(14)18/h5-6H,3-4,7-8H2,1-2H3,(H,19,22)(H,20,23,24). The molecule has 0 bridgehead atoms. The van der Waals surface area contributed by atoms with E-state index in [2.05, 4.69) is 15.4 Å². The summed E-state index contributed by atoms with van der Waals surface area (Å²) in [4.78, 5) is 36.6. The molecule has 0 heterocycles. The third kappa shape index (κ3) is 7.48. The van der Waals surface area contributed by atoms with Crippen LogP contribution in [0, 0.1) is 0 Å². The fourth-order valence-corrected chi connectivity index (χ4v) is 2.76. The minimum absolute atomic E-state index is 0.0952. The molecule has 3 amide bonds. The van der Waals surface area contributed by atoms with Crippen molar-refractivity contribution in [2.75, 3.05) is 31.6 Å². The lowest BCUT2D eigenvalue weighted by molar-refractivity contribution is -0.122. The molecule has 0 aromatic heterocycles. The van der Waals surface area contributed by atoms with Gasteiger partial charge in [0.15, 0.2) is 0 Å². The summed E-state index contributed by atoms with van der Waals surface area (Å²) in [5.41, 5.74) is 0.241. The summed E-state index contributed by atoms with van der Waals surface area (Å²) in [6, 6.07) is 2.91. The molecule has 0 radical (unpaired) electrons. The molecule has 0 aliphatic heterocycles. The highest BCUT2D eigenvalue weighted by molar-refractivity contribution is 6.42. The molecule has 10 heteroatoms. The van der Waals surface area contributed by atoms with Crippen molar-refractivity contribution in [1.29, 1.82) is 0 Å². The maximum atomic E-state index is 12.2. The number of hydrogen-bond acceptors (Lipinski definition) is 5. The molecule has 0 aliphatic rings. The van der Waals surface area contributed by atoms with E-state index in [0.29, 0.717) is 11.6 Å². The van der Waals surface area contributed by atoms with Gasteiger partial charge >= 0.3 is 6.09 Å². The number of benzene rings is 1. The molecule has 1 rings (SSSR count). The quantitative estimate of drug-likeness (QED) is 0.721. The largest absolute Gasteiger partial charge is 0.450 e. The molecular weight excluding hydrogens is 393 g/mol. The van der Waals surface area contributed by atoms with Crippen LogP contribution in [0.15, 0.2) is 12.1 Å². The molecule has 0 atom stereocenters. The number of anilines is 1. The Labute approximate surface area is 160 Å². The van der Waals surface area contributed by atoms with Crippen LogP contribution in [0.5, 0.6) is 0 Å². The van der Waals surface area contributed by atoms with Gasteiger partial charge in [0.25, 0.3) is 0 Å². The Morgan fingerprint density at radius 3 is 2.12 bits per heavy atom. The highest BCUT2D eigenvalue weighted by Gasteiger charge is 2.17. The van der Waals surface area contributed by atoms with Gasteiger partial charge in [-0.15, -0.1) is 0 Å². The first-order valence-corrected chi connectivity index (χ1v) is 8.53. The Morgan fingerprint density at radius 2 is 1.60 bits per heavy atom. The van der Waals surface area contributed by atoms with Crippen molar-refractivity contribution in [3.05, 3.63) is 27.2 Å². The van der Waals surface area contributed by atoms with Crippen molar-refractivity contribution in [2.45, 2.75) is 13.8 Å². The molecule has 0 saturated heterocycles. The Morgan fingerprint density at radius 1 is 1.04 bits per heavy atom. The van der Waals surface area contributed by atoms with Crippen LogP contribution in [0.4, 0.5) is 10.5 Å². The molecular formula is C15H18Cl3N3O4. The molecule has 1 aromatic rings. The summed E-state index contributed by atoms with van der Waals surface area (Å²) < 4.78 is 4.62. The van der Waals surface area contributed by atoms with Gasteiger partial charge in [0, 0.05) is 5.02 Å². The van der Waals surface area contributed by atoms with Crippen molar-refractivity contribution in [3.63, 3.8) is 0 Å². The van der Waals surface area contributed by atoms with Gasteiger partial charge in [0.05, 0.1) is 35.4 Å². The number of hydrogen-bond donors (Lipinski definition) is 2. The smallest absolute Gasteiger partial charge is 0.413 e. The number of amides is 3. The predicted octanol–water partition coefficient (Wildman–Crippen LogP) is 3.18. The van der Waals surface area contributed by atoms with Crippen LogP contribution in [0.1, 0.15) is 13.8 Å². The van der Waals surface area contributed by atoms with E-state index in [-0.39, 0.29) is 35.4 Å². The topological polar surface area (TPSA) is 87.7 Å². The molecule has 7 nitrogen and oxygen atoms in total. The van der Waals surface area contributed by atoms with Crippen molar-refractivity contribution in [2.24, 2.45) is 0 Å². The molecule has 2 N–H and O–H groups in total. The monoisotopic (exact) mass is 409 g/mol. The number of nitrogens with zero attached hydrogens (tertiary/aromatic N) is 1. The lowest BCUT2D eigenvalue weighted by Crippen LogP contribution is -2.43. The van der Waals surface area contributed by atoms with Gasteiger partial charge in [-0.3, -0.25) is 19.8 Å². The number of carbonyl (C=O) groups excluding carboxylic acids is 3. The summed E-state index contributed by atoms with van der Waals surface area (Å²) in [5.74, 6) is -0.993. The van der Waals surface area contributed by atoms with Crippen LogP contribution in [-0.4, -0.2) is 49.0 Å². The number of nitrogens with one attached hydrogen (secondary N) is 2. The number of alkyl carbamates (subject to hydrolysis) is 1. The molecule has 138 valence electrons. The minimum Gasteiger partial charge on any atom is -0.450 e. The summed E-state index contributed by atoms with van der Waals surface area (Å²) in [7, 11) is 0. The van der Waals surface area contributed by atoms with E-state index in [4.69, 9.17) is 34.8 Å². The Bertz CT molecular complexity index is 632. The van der Waals surface area contributed by atoms with Gasteiger partial charge in [-0.2, -0.15) is 0 Å². The molecule has 0 spiro atoms. The second-order valence-electron chi connectivity index (χ2n) is 4.86. The normalized spacial score (nSPS) is 10.5. The second kappa shape index (κ2) is 10.5. The average Bonchev–Trinajstić information content (AvgIpc) is 2.50. The van der Waals surface area contributed by atoms with E-state index >= 15 is 0 Å². The van der Waals surface area contributed by atoms with Gasteiger partial charge in [0.2, 0.25) is 11.8 Å². The molecule has 0 aliphatic carbocycles. The number of rotatable bonds is 7. The predicted molar refractivity (Wildman–Crippen MR) is 97.4 cm³/mol. The van der Waals surface area contributed by atoms with Crippen molar-refractivity contribution in [3.8, 4) is 0 Å². The average molecular weight is 411 g/mol. The molecule has 1 aromatic carbocycles. The zero-order valence-corrected chi connectivity index (χ0v) is 16.0. The molecule has 25 heavy (non-hydrogen) atoms.